The number of hydrogen-bond donors (Lipinski definition) is 3. The van der Waals surface area contributed by atoms with Crippen LogP contribution in [-0.2, 0) is 10.0 Å². The highest BCUT2D eigenvalue weighted by molar-refractivity contribution is 7.88. The monoisotopic (exact) mass is 290 g/mol. The Balaban J connectivity index is 2.40. The third-order valence-corrected chi connectivity index (χ3v) is 2.64. The zero-order valence-corrected chi connectivity index (χ0v) is 11.7. The first-order chi connectivity index (χ1) is 8.90. The van der Waals surface area contributed by atoms with E-state index in [4.69, 9.17) is 10.5 Å². The number of ether oxygens (including phenoxy) is 1. The average molecular weight is 290 g/mol. The minimum absolute atomic E-state index is 0.0650. The lowest BCUT2D eigenvalue weighted by molar-refractivity contribution is 0.312. The molecular formula is C9H18N6O3S. The van der Waals surface area contributed by atoms with Crippen molar-refractivity contribution in [2.45, 2.75) is 13.3 Å². The van der Waals surface area contributed by atoms with E-state index in [0.29, 0.717) is 32.1 Å². The second kappa shape index (κ2) is 7.04. The molecule has 1 heterocycles. The van der Waals surface area contributed by atoms with Gasteiger partial charge in [0.25, 0.3) is 0 Å². The molecule has 0 radical (unpaired) electrons. The molecular weight excluding hydrogens is 272 g/mol. The summed E-state index contributed by atoms with van der Waals surface area (Å²) in [6.45, 7) is 3.08. The van der Waals surface area contributed by atoms with Gasteiger partial charge in [-0.1, -0.05) is 0 Å². The van der Waals surface area contributed by atoms with Crippen LogP contribution in [0, 0.1) is 0 Å². The second-order valence-electron chi connectivity index (χ2n) is 3.68. The summed E-state index contributed by atoms with van der Waals surface area (Å²) in [4.78, 5) is 11.7. The number of nitrogens with zero attached hydrogens (tertiary/aromatic N) is 3. The molecule has 10 heteroatoms. The lowest BCUT2D eigenvalue weighted by Gasteiger charge is -2.07. The van der Waals surface area contributed by atoms with Crippen molar-refractivity contribution in [3.05, 3.63) is 0 Å². The SMILES string of the molecule is CCOc1nc(N)nc(NCCCNS(C)(=O)=O)n1. The summed E-state index contributed by atoms with van der Waals surface area (Å²) in [7, 11) is -3.15. The largest absolute Gasteiger partial charge is 0.464 e. The van der Waals surface area contributed by atoms with Gasteiger partial charge in [0.15, 0.2) is 0 Å². The van der Waals surface area contributed by atoms with E-state index in [9.17, 15) is 8.42 Å². The van der Waals surface area contributed by atoms with E-state index in [1.165, 1.54) is 0 Å². The van der Waals surface area contributed by atoms with Crippen molar-refractivity contribution in [3.63, 3.8) is 0 Å². The van der Waals surface area contributed by atoms with Crippen LogP contribution in [0.2, 0.25) is 0 Å². The molecule has 0 saturated heterocycles. The molecule has 4 N–H and O–H groups in total. The fraction of sp³-hybridized carbons (Fsp3) is 0.667. The highest BCUT2D eigenvalue weighted by Gasteiger charge is 2.04. The van der Waals surface area contributed by atoms with E-state index in [2.05, 4.69) is 25.0 Å². The Kier molecular flexibility index (Phi) is 5.70. The Bertz CT molecular complexity index is 507. The number of nitrogens with two attached hydrogens (primary N) is 1. The van der Waals surface area contributed by atoms with Crippen LogP contribution in [0.15, 0.2) is 0 Å². The number of hydrogen-bond acceptors (Lipinski definition) is 8. The van der Waals surface area contributed by atoms with E-state index in [0.717, 1.165) is 6.26 Å². The van der Waals surface area contributed by atoms with E-state index >= 15 is 0 Å². The predicted octanol–water partition coefficient (Wildman–Crippen LogP) is -0.796. The van der Waals surface area contributed by atoms with Crippen LogP contribution >= 0.6 is 0 Å². The summed E-state index contributed by atoms with van der Waals surface area (Å²) < 4.78 is 29.2. The Morgan fingerprint density at radius 1 is 1.26 bits per heavy atom. The van der Waals surface area contributed by atoms with E-state index < -0.39 is 10.0 Å². The number of nitrogen functional groups attached to an aromatic ring is 1. The highest BCUT2D eigenvalue weighted by atomic mass is 32.2. The van der Waals surface area contributed by atoms with Crippen molar-refractivity contribution in [2.75, 3.05) is 37.0 Å². The van der Waals surface area contributed by atoms with E-state index in [1.807, 2.05) is 6.92 Å². The topological polar surface area (TPSA) is 132 Å². The molecule has 0 unspecified atom stereocenters. The summed E-state index contributed by atoms with van der Waals surface area (Å²) in [5.41, 5.74) is 5.50. The highest BCUT2D eigenvalue weighted by Crippen LogP contribution is 2.08. The summed E-state index contributed by atoms with van der Waals surface area (Å²) in [5.74, 6) is 0.366. The molecule has 1 aromatic rings. The third kappa shape index (κ3) is 6.72. The van der Waals surface area contributed by atoms with Gasteiger partial charge in [-0.25, -0.2) is 13.1 Å². The Labute approximate surface area is 112 Å². The van der Waals surface area contributed by atoms with Crippen molar-refractivity contribution >= 4 is 21.9 Å². The molecule has 0 atom stereocenters. The van der Waals surface area contributed by atoms with Crippen LogP contribution in [0.4, 0.5) is 11.9 Å². The van der Waals surface area contributed by atoms with Crippen LogP contribution < -0.4 is 20.5 Å². The van der Waals surface area contributed by atoms with Crippen molar-refractivity contribution < 1.29 is 13.2 Å². The third-order valence-electron chi connectivity index (χ3n) is 1.91. The average Bonchev–Trinajstić information content (AvgIpc) is 2.26. The molecule has 0 saturated carbocycles. The molecule has 1 aromatic heterocycles. The lowest BCUT2D eigenvalue weighted by atomic mass is 10.4. The standard InChI is InChI=1S/C9H18N6O3S/c1-3-18-9-14-7(10)13-8(15-9)11-5-4-6-12-19(2,16)17/h12H,3-6H2,1-2H3,(H3,10,11,13,14,15). The van der Waals surface area contributed by atoms with Gasteiger partial charge in [-0.15, -0.1) is 0 Å². The molecule has 0 fully saturated rings. The molecule has 0 bridgehead atoms. The molecule has 0 amide bonds. The van der Waals surface area contributed by atoms with E-state index in [-0.39, 0.29) is 12.0 Å². The number of sulfonamides is 1. The summed E-state index contributed by atoms with van der Waals surface area (Å²) in [5, 5.41) is 2.91. The first-order valence-electron chi connectivity index (χ1n) is 5.73. The van der Waals surface area contributed by atoms with Gasteiger partial charge in [0.05, 0.1) is 12.9 Å². The number of aromatic nitrogens is 3. The number of anilines is 2. The van der Waals surface area contributed by atoms with Crippen LogP contribution in [0.3, 0.4) is 0 Å². The smallest absolute Gasteiger partial charge is 0.323 e. The van der Waals surface area contributed by atoms with Crippen LogP contribution in [0.25, 0.3) is 0 Å². The van der Waals surface area contributed by atoms with Gasteiger partial charge in [-0.05, 0) is 13.3 Å². The Morgan fingerprint density at radius 3 is 2.63 bits per heavy atom. The van der Waals surface area contributed by atoms with E-state index in [1.54, 1.807) is 0 Å². The van der Waals surface area contributed by atoms with Crippen LogP contribution in [0.1, 0.15) is 13.3 Å². The fourth-order valence-corrected chi connectivity index (χ4v) is 1.71. The van der Waals surface area contributed by atoms with Crippen molar-refractivity contribution in [1.82, 2.24) is 19.7 Å². The summed E-state index contributed by atoms with van der Waals surface area (Å²) >= 11 is 0. The first kappa shape index (κ1) is 15.4. The first-order valence-corrected chi connectivity index (χ1v) is 7.62. The molecule has 9 nitrogen and oxygen atoms in total. The minimum Gasteiger partial charge on any atom is -0.464 e. The molecule has 0 aromatic carbocycles. The van der Waals surface area contributed by atoms with Crippen molar-refractivity contribution in [3.8, 4) is 6.01 Å². The van der Waals surface area contributed by atoms with Gasteiger partial charge in [0, 0.05) is 13.1 Å². The quantitative estimate of drug-likeness (QED) is 0.530. The zero-order valence-electron chi connectivity index (χ0n) is 10.9. The molecule has 108 valence electrons. The second-order valence-corrected chi connectivity index (χ2v) is 5.51. The number of rotatable bonds is 8. The molecule has 0 aliphatic rings. The normalized spacial score (nSPS) is 11.3. The predicted molar refractivity (Wildman–Crippen MR) is 71.4 cm³/mol. The van der Waals surface area contributed by atoms with Crippen LogP contribution in [0.5, 0.6) is 6.01 Å². The summed E-state index contributed by atoms with van der Waals surface area (Å²) in [6, 6.07) is 0.159. The Hall–Kier alpha value is -1.68. The molecule has 1 rings (SSSR count). The molecule has 0 aliphatic heterocycles. The maximum Gasteiger partial charge on any atom is 0.323 e. The van der Waals surface area contributed by atoms with Gasteiger partial charge >= 0.3 is 6.01 Å². The molecule has 19 heavy (non-hydrogen) atoms. The van der Waals surface area contributed by atoms with Gasteiger partial charge in [0.1, 0.15) is 0 Å². The lowest BCUT2D eigenvalue weighted by Crippen LogP contribution is -2.24. The summed E-state index contributed by atoms with van der Waals surface area (Å²) in [6.07, 6.45) is 1.70. The number of nitrogens with one attached hydrogen (secondary N) is 2. The van der Waals surface area contributed by atoms with Gasteiger partial charge in [-0.3, -0.25) is 0 Å². The minimum atomic E-state index is -3.15. The fourth-order valence-electron chi connectivity index (χ4n) is 1.19. The van der Waals surface area contributed by atoms with Crippen LogP contribution in [-0.4, -0.2) is 49.3 Å². The maximum atomic E-state index is 10.8. The maximum absolute atomic E-state index is 10.8. The molecule has 0 spiro atoms. The van der Waals surface area contributed by atoms with Crippen molar-refractivity contribution in [1.29, 1.82) is 0 Å². The zero-order chi connectivity index (χ0) is 14.3. The Morgan fingerprint density at radius 2 is 2.00 bits per heavy atom. The van der Waals surface area contributed by atoms with Gasteiger partial charge in [0.2, 0.25) is 21.9 Å². The van der Waals surface area contributed by atoms with Gasteiger partial charge < -0.3 is 15.8 Å². The molecule has 0 aliphatic carbocycles. The van der Waals surface area contributed by atoms with Gasteiger partial charge in [-0.2, -0.15) is 15.0 Å². The van der Waals surface area contributed by atoms with Crippen molar-refractivity contribution in [2.24, 2.45) is 0 Å².